The first-order chi connectivity index (χ1) is 7.11. The van der Waals surface area contributed by atoms with E-state index in [0.29, 0.717) is 0 Å². The van der Waals surface area contributed by atoms with Crippen molar-refractivity contribution in [1.82, 2.24) is 0 Å². The molecule has 1 aromatic rings. The van der Waals surface area contributed by atoms with Crippen LogP contribution in [0.1, 0.15) is 5.56 Å². The number of fused-ring (bicyclic) bond motifs is 2. The maximum absolute atomic E-state index is 11.3. The topological polar surface area (TPSA) is 20.3 Å². The molecule has 2 aliphatic heterocycles. The van der Waals surface area contributed by atoms with Crippen molar-refractivity contribution < 1.29 is 4.21 Å². The summed E-state index contributed by atoms with van der Waals surface area (Å²) in [5.74, 6) is 1.68. The SMILES string of the molecule is CN1CC2(CS(=O)C2)c2ccc(Br)cc21. The maximum atomic E-state index is 11.3. The van der Waals surface area contributed by atoms with Crippen molar-refractivity contribution in [3.8, 4) is 0 Å². The van der Waals surface area contributed by atoms with Crippen molar-refractivity contribution >= 4 is 32.4 Å². The van der Waals surface area contributed by atoms with Gasteiger partial charge in [0.1, 0.15) is 0 Å². The minimum Gasteiger partial charge on any atom is -0.373 e. The number of anilines is 1. The Balaban J connectivity index is 2.11. The van der Waals surface area contributed by atoms with Crippen molar-refractivity contribution in [3.05, 3.63) is 28.2 Å². The molecule has 2 nitrogen and oxygen atoms in total. The molecule has 15 heavy (non-hydrogen) atoms. The second kappa shape index (κ2) is 3.08. The van der Waals surface area contributed by atoms with E-state index < -0.39 is 10.8 Å². The first kappa shape index (κ1) is 9.85. The maximum Gasteiger partial charge on any atom is 0.0414 e. The molecule has 1 fully saturated rings. The summed E-state index contributed by atoms with van der Waals surface area (Å²) >= 11 is 3.50. The first-order valence-corrected chi connectivity index (χ1v) is 7.25. The number of benzene rings is 1. The predicted molar refractivity (Wildman–Crippen MR) is 67.0 cm³/mol. The molecule has 0 atom stereocenters. The van der Waals surface area contributed by atoms with Crippen LogP contribution >= 0.6 is 15.9 Å². The molecule has 4 heteroatoms. The van der Waals surface area contributed by atoms with Crippen molar-refractivity contribution in [2.75, 3.05) is 30.0 Å². The van der Waals surface area contributed by atoms with Gasteiger partial charge in [0, 0.05) is 51.5 Å². The number of likely N-dealkylation sites (N-methyl/N-ethyl adjacent to an activating group) is 1. The van der Waals surface area contributed by atoms with E-state index in [0.717, 1.165) is 22.5 Å². The van der Waals surface area contributed by atoms with Gasteiger partial charge in [0.2, 0.25) is 0 Å². The van der Waals surface area contributed by atoms with E-state index in [9.17, 15) is 4.21 Å². The Morgan fingerprint density at radius 1 is 1.47 bits per heavy atom. The Hall–Kier alpha value is -0.350. The normalized spacial score (nSPS) is 32.9. The van der Waals surface area contributed by atoms with Crippen LogP contribution in [0.4, 0.5) is 5.69 Å². The van der Waals surface area contributed by atoms with Gasteiger partial charge < -0.3 is 4.90 Å². The van der Waals surface area contributed by atoms with Crippen LogP contribution in [-0.4, -0.2) is 29.3 Å². The van der Waals surface area contributed by atoms with Gasteiger partial charge in [-0.15, -0.1) is 0 Å². The van der Waals surface area contributed by atoms with Gasteiger partial charge in [-0.2, -0.15) is 0 Å². The Kier molecular flexibility index (Phi) is 2.02. The standard InChI is InChI=1S/C11H12BrNOS/c1-13-5-11(6-15(14)7-11)9-3-2-8(12)4-10(9)13/h2-4H,5-7H2,1H3. The predicted octanol–water partition coefficient (Wildman–Crippen LogP) is 1.90. The Bertz CT molecular complexity index is 452. The molecular formula is C11H12BrNOS. The van der Waals surface area contributed by atoms with Crippen LogP contribution in [0.15, 0.2) is 22.7 Å². The molecular weight excluding hydrogens is 274 g/mol. The molecule has 0 aliphatic carbocycles. The molecule has 0 unspecified atom stereocenters. The fraction of sp³-hybridized carbons (Fsp3) is 0.455. The van der Waals surface area contributed by atoms with Crippen LogP contribution < -0.4 is 4.90 Å². The zero-order valence-corrected chi connectivity index (χ0v) is 10.9. The molecule has 80 valence electrons. The smallest absolute Gasteiger partial charge is 0.0414 e. The van der Waals surface area contributed by atoms with Crippen LogP contribution in [-0.2, 0) is 16.2 Å². The molecule has 1 aromatic carbocycles. The monoisotopic (exact) mass is 285 g/mol. The molecule has 0 aromatic heterocycles. The molecule has 0 saturated carbocycles. The molecule has 0 N–H and O–H groups in total. The fourth-order valence-corrected chi connectivity index (χ4v) is 4.70. The van der Waals surface area contributed by atoms with E-state index >= 15 is 0 Å². The largest absolute Gasteiger partial charge is 0.373 e. The highest BCUT2D eigenvalue weighted by Crippen LogP contribution is 2.46. The van der Waals surface area contributed by atoms with Gasteiger partial charge in [0.05, 0.1) is 0 Å². The van der Waals surface area contributed by atoms with E-state index in [2.05, 4.69) is 46.1 Å². The Morgan fingerprint density at radius 3 is 2.87 bits per heavy atom. The molecule has 0 radical (unpaired) electrons. The zero-order valence-electron chi connectivity index (χ0n) is 8.50. The van der Waals surface area contributed by atoms with Gasteiger partial charge in [0.25, 0.3) is 0 Å². The average molecular weight is 286 g/mol. The van der Waals surface area contributed by atoms with Gasteiger partial charge in [-0.3, -0.25) is 4.21 Å². The fourth-order valence-electron chi connectivity index (χ4n) is 2.71. The summed E-state index contributed by atoms with van der Waals surface area (Å²) in [5, 5.41) is 0. The molecule has 1 spiro atoms. The lowest BCUT2D eigenvalue weighted by Crippen LogP contribution is -2.51. The summed E-state index contributed by atoms with van der Waals surface area (Å²) < 4.78 is 12.4. The van der Waals surface area contributed by atoms with Crippen molar-refractivity contribution in [3.63, 3.8) is 0 Å². The van der Waals surface area contributed by atoms with Gasteiger partial charge >= 0.3 is 0 Å². The zero-order chi connectivity index (χ0) is 10.6. The van der Waals surface area contributed by atoms with Gasteiger partial charge in [-0.1, -0.05) is 22.0 Å². The van der Waals surface area contributed by atoms with Crippen LogP contribution in [0.25, 0.3) is 0 Å². The van der Waals surface area contributed by atoms with E-state index in [1.54, 1.807) is 0 Å². The van der Waals surface area contributed by atoms with Crippen LogP contribution in [0.5, 0.6) is 0 Å². The van der Waals surface area contributed by atoms with Crippen LogP contribution in [0.2, 0.25) is 0 Å². The van der Waals surface area contributed by atoms with Crippen molar-refractivity contribution in [1.29, 1.82) is 0 Å². The lowest BCUT2D eigenvalue weighted by Gasteiger charge is -2.37. The molecule has 0 amide bonds. The summed E-state index contributed by atoms with van der Waals surface area (Å²) in [7, 11) is 1.53. The second-order valence-corrected chi connectivity index (χ2v) is 6.90. The van der Waals surface area contributed by atoms with Crippen molar-refractivity contribution in [2.45, 2.75) is 5.41 Å². The average Bonchev–Trinajstić information content (AvgIpc) is 2.40. The van der Waals surface area contributed by atoms with Gasteiger partial charge in [0.15, 0.2) is 0 Å². The summed E-state index contributed by atoms with van der Waals surface area (Å²) in [5.41, 5.74) is 2.87. The lowest BCUT2D eigenvalue weighted by molar-refractivity contribution is 0.523. The minimum absolute atomic E-state index is 0.190. The van der Waals surface area contributed by atoms with Crippen LogP contribution in [0, 0.1) is 0 Å². The third kappa shape index (κ3) is 1.31. The number of nitrogens with zero attached hydrogens (tertiary/aromatic N) is 1. The van der Waals surface area contributed by atoms with E-state index in [1.165, 1.54) is 11.3 Å². The van der Waals surface area contributed by atoms with E-state index in [-0.39, 0.29) is 5.41 Å². The number of hydrogen-bond donors (Lipinski definition) is 0. The molecule has 2 heterocycles. The highest BCUT2D eigenvalue weighted by atomic mass is 79.9. The number of rotatable bonds is 0. The molecule has 1 saturated heterocycles. The first-order valence-electron chi connectivity index (χ1n) is 4.97. The summed E-state index contributed by atoms with van der Waals surface area (Å²) in [6.07, 6.45) is 0. The Labute approximate surface area is 100 Å². The van der Waals surface area contributed by atoms with Crippen molar-refractivity contribution in [2.24, 2.45) is 0 Å². The van der Waals surface area contributed by atoms with E-state index in [1.807, 2.05) is 0 Å². The van der Waals surface area contributed by atoms with E-state index in [4.69, 9.17) is 0 Å². The summed E-state index contributed by atoms with van der Waals surface area (Å²) in [4.78, 5) is 2.27. The number of halogens is 1. The lowest BCUT2D eigenvalue weighted by atomic mass is 9.85. The van der Waals surface area contributed by atoms with Crippen LogP contribution in [0.3, 0.4) is 0 Å². The van der Waals surface area contributed by atoms with Gasteiger partial charge in [-0.25, -0.2) is 0 Å². The third-order valence-electron chi connectivity index (χ3n) is 3.36. The third-order valence-corrected chi connectivity index (χ3v) is 5.60. The summed E-state index contributed by atoms with van der Waals surface area (Å²) in [6, 6.07) is 6.42. The molecule has 2 aliphatic rings. The second-order valence-electron chi connectivity index (χ2n) is 4.53. The molecule has 0 bridgehead atoms. The Morgan fingerprint density at radius 2 is 2.20 bits per heavy atom. The highest BCUT2D eigenvalue weighted by molar-refractivity contribution is 9.10. The minimum atomic E-state index is -0.587. The quantitative estimate of drug-likeness (QED) is 0.726. The molecule has 3 rings (SSSR count). The summed E-state index contributed by atoms with van der Waals surface area (Å²) in [6.45, 7) is 1.02. The number of hydrogen-bond acceptors (Lipinski definition) is 2. The highest BCUT2D eigenvalue weighted by Gasteiger charge is 2.50. The van der Waals surface area contributed by atoms with Gasteiger partial charge in [-0.05, 0) is 17.7 Å².